The molecular weight excluding hydrogens is 378 g/mol. The van der Waals surface area contributed by atoms with E-state index in [1.54, 1.807) is 0 Å². The van der Waals surface area contributed by atoms with Crippen LogP contribution in [-0.4, -0.2) is 34.1 Å². The number of carbonyl (C=O) groups excluding carboxylic acids is 4. The summed E-state index contributed by atoms with van der Waals surface area (Å²) in [7, 11) is 0. The molecule has 1 fully saturated rings. The molecule has 1 aromatic carbocycles. The van der Waals surface area contributed by atoms with Gasteiger partial charge in [-0.3, -0.25) is 19.3 Å². The second-order valence-corrected chi connectivity index (χ2v) is 9.10. The van der Waals surface area contributed by atoms with Crippen LogP contribution in [0.5, 0.6) is 0 Å². The zero-order valence-electron chi connectivity index (χ0n) is 18.5. The molecule has 0 spiro atoms. The molecule has 1 aromatic rings. The van der Waals surface area contributed by atoms with E-state index >= 15 is 0 Å². The van der Waals surface area contributed by atoms with Gasteiger partial charge < -0.3 is 4.79 Å². The fourth-order valence-electron chi connectivity index (χ4n) is 4.86. The number of ketones is 4. The lowest BCUT2D eigenvalue weighted by Gasteiger charge is -2.30. The average molecular weight is 412 g/mol. The molecule has 2 aliphatic rings. The summed E-state index contributed by atoms with van der Waals surface area (Å²) < 4.78 is 0. The normalized spacial score (nSPS) is 18.1. The smallest absolute Gasteiger partial charge is 0.164 e. The number of Topliss-reactive ketones (excluding diaryl/α,β-unsaturated/α-hetero) is 4. The third kappa shape index (κ3) is 5.31. The Kier molecular flexibility index (Phi) is 7.35. The van der Waals surface area contributed by atoms with Crippen LogP contribution in [0, 0.1) is 5.92 Å². The molecule has 1 aliphatic heterocycles. The Morgan fingerprint density at radius 2 is 1.53 bits per heavy atom. The lowest BCUT2D eigenvalue weighted by Crippen LogP contribution is -2.32. The first kappa shape index (κ1) is 22.5. The van der Waals surface area contributed by atoms with Gasteiger partial charge in [0.2, 0.25) is 0 Å². The Balaban J connectivity index is 1.81. The van der Waals surface area contributed by atoms with E-state index in [0.717, 1.165) is 24.2 Å². The van der Waals surface area contributed by atoms with E-state index in [4.69, 9.17) is 0 Å². The average Bonchev–Trinajstić information content (AvgIpc) is 3.13. The van der Waals surface area contributed by atoms with E-state index < -0.39 is 5.92 Å². The molecule has 5 nitrogen and oxygen atoms in total. The number of carbonyl (C=O) groups is 4. The van der Waals surface area contributed by atoms with Gasteiger partial charge in [-0.2, -0.15) is 0 Å². The molecule has 0 radical (unpaired) electrons. The van der Waals surface area contributed by atoms with Gasteiger partial charge in [0.05, 0.1) is 0 Å². The van der Waals surface area contributed by atoms with Gasteiger partial charge in [0.1, 0.15) is 11.6 Å². The Morgan fingerprint density at radius 3 is 2.07 bits per heavy atom. The van der Waals surface area contributed by atoms with Crippen molar-refractivity contribution in [3.8, 4) is 0 Å². The van der Waals surface area contributed by atoms with Crippen molar-refractivity contribution in [2.45, 2.75) is 91.3 Å². The first-order valence-corrected chi connectivity index (χ1v) is 11.2. The summed E-state index contributed by atoms with van der Waals surface area (Å²) in [4.78, 5) is 51.2. The van der Waals surface area contributed by atoms with E-state index in [-0.39, 0.29) is 36.0 Å². The number of nitrogens with zero attached hydrogens (tertiary/aromatic N) is 1. The summed E-state index contributed by atoms with van der Waals surface area (Å²) in [5, 5.41) is 0. The highest BCUT2D eigenvalue weighted by molar-refractivity contribution is 6.09. The standard InChI is InChI=1S/C25H33NO4/c1-16(27)9-10-19(17(2)28)13-25(30)24-12-21-15-26(22-7-5-4-6-8-22)14-20(21)11-23(24)18(3)29/h11-12,19,22H,4-10,13-15H2,1-3H3. The first-order chi connectivity index (χ1) is 14.3. The number of fused-ring (bicyclic) bond motifs is 1. The fraction of sp³-hybridized carbons (Fsp3) is 0.600. The van der Waals surface area contributed by atoms with Crippen LogP contribution >= 0.6 is 0 Å². The van der Waals surface area contributed by atoms with E-state index in [2.05, 4.69) is 4.90 Å². The van der Waals surface area contributed by atoms with E-state index in [9.17, 15) is 19.2 Å². The van der Waals surface area contributed by atoms with Crippen LogP contribution in [0.25, 0.3) is 0 Å². The molecule has 0 aromatic heterocycles. The molecule has 162 valence electrons. The Labute approximate surface area is 179 Å². The van der Waals surface area contributed by atoms with Crippen molar-refractivity contribution in [3.63, 3.8) is 0 Å². The Morgan fingerprint density at radius 1 is 0.933 bits per heavy atom. The second-order valence-electron chi connectivity index (χ2n) is 9.10. The van der Waals surface area contributed by atoms with Gasteiger partial charge in [-0.15, -0.1) is 0 Å². The third-order valence-corrected chi connectivity index (χ3v) is 6.71. The molecule has 0 bridgehead atoms. The van der Waals surface area contributed by atoms with Crippen LogP contribution in [0.2, 0.25) is 0 Å². The highest BCUT2D eigenvalue weighted by atomic mass is 16.1. The predicted octanol–water partition coefficient (Wildman–Crippen LogP) is 4.68. The molecule has 1 aliphatic carbocycles. The van der Waals surface area contributed by atoms with Crippen LogP contribution in [0.15, 0.2) is 12.1 Å². The summed E-state index contributed by atoms with van der Waals surface area (Å²) >= 11 is 0. The van der Waals surface area contributed by atoms with Crippen molar-refractivity contribution < 1.29 is 19.2 Å². The maximum atomic E-state index is 13.1. The lowest BCUT2D eigenvalue weighted by atomic mass is 9.87. The largest absolute Gasteiger partial charge is 0.300 e. The van der Waals surface area contributed by atoms with Gasteiger partial charge in [-0.05, 0) is 63.3 Å². The van der Waals surface area contributed by atoms with Crippen molar-refractivity contribution in [2.24, 2.45) is 5.92 Å². The number of benzene rings is 1. The molecule has 1 heterocycles. The third-order valence-electron chi connectivity index (χ3n) is 6.71. The molecule has 0 amide bonds. The lowest BCUT2D eigenvalue weighted by molar-refractivity contribution is -0.121. The highest BCUT2D eigenvalue weighted by Crippen LogP contribution is 2.33. The quantitative estimate of drug-likeness (QED) is 0.552. The molecule has 5 heteroatoms. The molecule has 1 unspecified atom stereocenters. The topological polar surface area (TPSA) is 71.5 Å². The fourth-order valence-corrected chi connectivity index (χ4v) is 4.86. The molecule has 1 atom stereocenters. The number of hydrogen-bond donors (Lipinski definition) is 0. The molecule has 0 saturated heterocycles. The Bertz CT molecular complexity index is 851. The van der Waals surface area contributed by atoms with E-state index in [0.29, 0.717) is 23.6 Å². The van der Waals surface area contributed by atoms with Gasteiger partial charge >= 0.3 is 0 Å². The van der Waals surface area contributed by atoms with Crippen molar-refractivity contribution in [1.82, 2.24) is 4.90 Å². The molecule has 1 saturated carbocycles. The second kappa shape index (κ2) is 9.78. The minimum Gasteiger partial charge on any atom is -0.300 e. The number of hydrogen-bond acceptors (Lipinski definition) is 5. The van der Waals surface area contributed by atoms with Gasteiger partial charge in [0.25, 0.3) is 0 Å². The zero-order valence-corrected chi connectivity index (χ0v) is 18.5. The summed E-state index contributed by atoms with van der Waals surface area (Å²) in [5.41, 5.74) is 3.15. The minimum absolute atomic E-state index is 0.0125. The SMILES string of the molecule is CC(=O)CCC(CC(=O)c1cc2c(cc1C(C)=O)CN(C1CCCCC1)C2)C(C)=O. The summed E-state index contributed by atoms with van der Waals surface area (Å²) in [6.07, 6.45) is 7.01. The highest BCUT2D eigenvalue weighted by Gasteiger charge is 2.30. The molecule has 30 heavy (non-hydrogen) atoms. The maximum Gasteiger partial charge on any atom is 0.164 e. The number of rotatable bonds is 9. The van der Waals surface area contributed by atoms with E-state index in [1.165, 1.54) is 52.9 Å². The van der Waals surface area contributed by atoms with Crippen LogP contribution < -0.4 is 0 Å². The summed E-state index contributed by atoms with van der Waals surface area (Å²) in [6.45, 7) is 6.10. The summed E-state index contributed by atoms with van der Waals surface area (Å²) in [6, 6.07) is 4.37. The van der Waals surface area contributed by atoms with Crippen molar-refractivity contribution in [2.75, 3.05) is 0 Å². The molecule has 0 N–H and O–H groups in total. The van der Waals surface area contributed by atoms with Crippen LogP contribution in [-0.2, 0) is 22.7 Å². The van der Waals surface area contributed by atoms with E-state index in [1.807, 2.05) is 12.1 Å². The van der Waals surface area contributed by atoms with Crippen LogP contribution in [0.4, 0.5) is 0 Å². The van der Waals surface area contributed by atoms with Crippen molar-refractivity contribution in [1.29, 1.82) is 0 Å². The van der Waals surface area contributed by atoms with Gasteiger partial charge in [0.15, 0.2) is 11.6 Å². The minimum atomic E-state index is -0.479. The summed E-state index contributed by atoms with van der Waals surface area (Å²) in [5.74, 6) is -0.853. The maximum absolute atomic E-state index is 13.1. The molecular formula is C25H33NO4. The van der Waals surface area contributed by atoms with Crippen molar-refractivity contribution in [3.05, 3.63) is 34.4 Å². The van der Waals surface area contributed by atoms with Gasteiger partial charge in [0, 0.05) is 49.0 Å². The first-order valence-electron chi connectivity index (χ1n) is 11.2. The zero-order chi connectivity index (χ0) is 21.8. The molecule has 3 rings (SSSR count). The van der Waals surface area contributed by atoms with Gasteiger partial charge in [-0.25, -0.2) is 0 Å². The monoisotopic (exact) mass is 411 g/mol. The van der Waals surface area contributed by atoms with Crippen LogP contribution in [0.1, 0.15) is 104 Å². The predicted molar refractivity (Wildman–Crippen MR) is 116 cm³/mol. The van der Waals surface area contributed by atoms with Gasteiger partial charge in [-0.1, -0.05) is 19.3 Å². The van der Waals surface area contributed by atoms with Crippen LogP contribution in [0.3, 0.4) is 0 Å². The Hall–Kier alpha value is -2.14. The van der Waals surface area contributed by atoms with Crippen molar-refractivity contribution >= 4 is 23.1 Å².